The van der Waals surface area contributed by atoms with E-state index in [1.165, 1.54) is 6.07 Å². The normalized spacial score (nSPS) is 12.7. The Bertz CT molecular complexity index is 341. The Labute approximate surface area is 103 Å². The summed E-state index contributed by atoms with van der Waals surface area (Å²) in [7, 11) is 1.69. The monoisotopic (exact) mass is 239 g/mol. The lowest BCUT2D eigenvalue weighted by atomic mass is 10.0. The Hall–Kier alpha value is -0.930. The Balaban J connectivity index is 2.67. The third-order valence-corrected chi connectivity index (χ3v) is 2.83. The molecular weight excluding hydrogens is 217 g/mol. The van der Waals surface area contributed by atoms with Crippen LogP contribution in [-0.4, -0.2) is 26.3 Å². The minimum absolute atomic E-state index is 0.169. The number of halogens is 1. The average Bonchev–Trinajstić information content (AvgIpc) is 2.31. The van der Waals surface area contributed by atoms with Crippen LogP contribution in [0.25, 0.3) is 0 Å². The third kappa shape index (κ3) is 4.84. The molecule has 1 rings (SSSR count). The van der Waals surface area contributed by atoms with Crippen LogP contribution < -0.4 is 5.32 Å². The maximum Gasteiger partial charge on any atom is 0.123 e. The quantitative estimate of drug-likeness (QED) is 0.790. The van der Waals surface area contributed by atoms with Gasteiger partial charge in [-0.2, -0.15) is 0 Å². The molecule has 0 fully saturated rings. The van der Waals surface area contributed by atoms with E-state index >= 15 is 0 Å². The van der Waals surface area contributed by atoms with Crippen molar-refractivity contribution >= 4 is 0 Å². The first kappa shape index (κ1) is 14.1. The van der Waals surface area contributed by atoms with Crippen molar-refractivity contribution in [2.75, 3.05) is 20.3 Å². The highest BCUT2D eigenvalue weighted by Gasteiger charge is 2.10. The van der Waals surface area contributed by atoms with Gasteiger partial charge in [-0.05, 0) is 49.6 Å². The van der Waals surface area contributed by atoms with Crippen molar-refractivity contribution < 1.29 is 9.13 Å². The van der Waals surface area contributed by atoms with Gasteiger partial charge in [-0.1, -0.05) is 13.0 Å². The summed E-state index contributed by atoms with van der Waals surface area (Å²) in [4.78, 5) is 0. The summed E-state index contributed by atoms with van der Waals surface area (Å²) in [5.74, 6) is -0.169. The number of benzene rings is 1. The van der Waals surface area contributed by atoms with E-state index in [1.54, 1.807) is 13.2 Å². The molecule has 0 radical (unpaired) electrons. The first-order valence-electron chi connectivity index (χ1n) is 6.14. The molecule has 1 unspecified atom stereocenters. The summed E-state index contributed by atoms with van der Waals surface area (Å²) in [6.45, 7) is 5.75. The standard InChI is InChI=1S/C14H22FNO/c1-4-7-16-14(10-17-3)9-12-8-13(15)6-5-11(12)2/h5-6,8,14,16H,4,7,9-10H2,1-3H3. The first-order chi connectivity index (χ1) is 8.17. The van der Waals surface area contributed by atoms with E-state index in [9.17, 15) is 4.39 Å². The van der Waals surface area contributed by atoms with Crippen LogP contribution in [0.5, 0.6) is 0 Å². The van der Waals surface area contributed by atoms with Crippen LogP contribution in [0.3, 0.4) is 0 Å². The van der Waals surface area contributed by atoms with E-state index in [4.69, 9.17) is 4.74 Å². The fraction of sp³-hybridized carbons (Fsp3) is 0.571. The van der Waals surface area contributed by atoms with Crippen LogP contribution in [0.15, 0.2) is 18.2 Å². The van der Waals surface area contributed by atoms with Crippen molar-refractivity contribution in [3.8, 4) is 0 Å². The lowest BCUT2D eigenvalue weighted by Gasteiger charge is -2.18. The van der Waals surface area contributed by atoms with E-state index in [0.29, 0.717) is 6.61 Å². The molecule has 96 valence electrons. The summed E-state index contributed by atoms with van der Waals surface area (Å²) in [6.07, 6.45) is 1.89. The second-order valence-electron chi connectivity index (χ2n) is 4.38. The molecule has 0 saturated carbocycles. The molecule has 0 heterocycles. The molecule has 1 N–H and O–H groups in total. The molecule has 0 spiro atoms. The molecular formula is C14H22FNO. The zero-order chi connectivity index (χ0) is 12.7. The molecule has 0 saturated heterocycles. The van der Waals surface area contributed by atoms with E-state index in [2.05, 4.69) is 12.2 Å². The maximum atomic E-state index is 13.2. The van der Waals surface area contributed by atoms with Gasteiger partial charge >= 0.3 is 0 Å². The van der Waals surface area contributed by atoms with Crippen molar-refractivity contribution in [1.29, 1.82) is 0 Å². The van der Waals surface area contributed by atoms with Crippen LogP contribution in [0, 0.1) is 12.7 Å². The predicted octanol–water partition coefficient (Wildman–Crippen LogP) is 2.69. The number of methoxy groups -OCH3 is 1. The Morgan fingerprint density at radius 2 is 2.18 bits per heavy atom. The lowest BCUT2D eigenvalue weighted by molar-refractivity contribution is 0.166. The van der Waals surface area contributed by atoms with Gasteiger partial charge in [0, 0.05) is 13.2 Å². The first-order valence-corrected chi connectivity index (χ1v) is 6.14. The summed E-state index contributed by atoms with van der Waals surface area (Å²) in [5.41, 5.74) is 2.18. The van der Waals surface area contributed by atoms with Gasteiger partial charge in [0.05, 0.1) is 6.61 Å². The summed E-state index contributed by atoms with van der Waals surface area (Å²) < 4.78 is 18.4. The predicted molar refractivity (Wildman–Crippen MR) is 68.8 cm³/mol. The number of nitrogens with one attached hydrogen (secondary N) is 1. The molecule has 1 atom stereocenters. The molecule has 17 heavy (non-hydrogen) atoms. The van der Waals surface area contributed by atoms with Crippen molar-refractivity contribution in [1.82, 2.24) is 5.32 Å². The Kier molecular flexibility index (Phi) is 6.16. The molecule has 0 aliphatic rings. The minimum Gasteiger partial charge on any atom is -0.383 e. The molecule has 0 amide bonds. The third-order valence-electron chi connectivity index (χ3n) is 2.83. The van der Waals surface area contributed by atoms with E-state index in [1.807, 2.05) is 13.0 Å². The van der Waals surface area contributed by atoms with Crippen LogP contribution in [0.2, 0.25) is 0 Å². The molecule has 0 aliphatic carbocycles. The fourth-order valence-electron chi connectivity index (χ4n) is 1.87. The molecule has 0 bridgehead atoms. The van der Waals surface area contributed by atoms with E-state index in [0.717, 1.165) is 30.5 Å². The van der Waals surface area contributed by atoms with Gasteiger partial charge in [0.2, 0.25) is 0 Å². The van der Waals surface area contributed by atoms with Crippen molar-refractivity contribution in [2.45, 2.75) is 32.7 Å². The zero-order valence-electron chi connectivity index (χ0n) is 10.9. The van der Waals surface area contributed by atoms with Gasteiger partial charge < -0.3 is 10.1 Å². The summed E-state index contributed by atoms with van der Waals surface area (Å²) in [5, 5.41) is 3.42. The number of rotatable bonds is 7. The largest absolute Gasteiger partial charge is 0.383 e. The van der Waals surface area contributed by atoms with Crippen molar-refractivity contribution in [2.24, 2.45) is 0 Å². The SMILES string of the molecule is CCCNC(COC)Cc1cc(F)ccc1C. The maximum absolute atomic E-state index is 13.2. The van der Waals surface area contributed by atoms with Gasteiger partial charge in [-0.25, -0.2) is 4.39 Å². The second kappa shape index (κ2) is 7.41. The molecule has 2 nitrogen and oxygen atoms in total. The van der Waals surface area contributed by atoms with Crippen LogP contribution in [-0.2, 0) is 11.2 Å². The van der Waals surface area contributed by atoms with Crippen molar-refractivity contribution in [3.05, 3.63) is 35.1 Å². The van der Waals surface area contributed by atoms with E-state index in [-0.39, 0.29) is 11.9 Å². The molecule has 3 heteroatoms. The number of hydrogen-bond acceptors (Lipinski definition) is 2. The fourth-order valence-corrected chi connectivity index (χ4v) is 1.87. The summed E-state index contributed by atoms with van der Waals surface area (Å²) >= 11 is 0. The number of hydrogen-bond donors (Lipinski definition) is 1. The molecule has 0 aromatic heterocycles. The highest BCUT2D eigenvalue weighted by Crippen LogP contribution is 2.12. The molecule has 1 aromatic rings. The van der Waals surface area contributed by atoms with Crippen LogP contribution in [0.1, 0.15) is 24.5 Å². The highest BCUT2D eigenvalue weighted by molar-refractivity contribution is 5.27. The van der Waals surface area contributed by atoms with Gasteiger partial charge in [-0.3, -0.25) is 0 Å². The van der Waals surface area contributed by atoms with Crippen LogP contribution in [0.4, 0.5) is 4.39 Å². The summed E-state index contributed by atoms with van der Waals surface area (Å²) in [6, 6.07) is 5.20. The average molecular weight is 239 g/mol. The number of aryl methyl sites for hydroxylation is 1. The Morgan fingerprint density at radius 1 is 1.41 bits per heavy atom. The topological polar surface area (TPSA) is 21.3 Å². The van der Waals surface area contributed by atoms with Gasteiger partial charge in [0.15, 0.2) is 0 Å². The zero-order valence-corrected chi connectivity index (χ0v) is 10.9. The number of ether oxygens (including phenoxy) is 1. The second-order valence-corrected chi connectivity index (χ2v) is 4.38. The Morgan fingerprint density at radius 3 is 2.82 bits per heavy atom. The minimum atomic E-state index is -0.169. The highest BCUT2D eigenvalue weighted by atomic mass is 19.1. The van der Waals surface area contributed by atoms with Gasteiger partial charge in [0.1, 0.15) is 5.82 Å². The lowest BCUT2D eigenvalue weighted by Crippen LogP contribution is -2.35. The smallest absolute Gasteiger partial charge is 0.123 e. The van der Waals surface area contributed by atoms with Gasteiger partial charge in [-0.15, -0.1) is 0 Å². The van der Waals surface area contributed by atoms with Crippen molar-refractivity contribution in [3.63, 3.8) is 0 Å². The van der Waals surface area contributed by atoms with E-state index < -0.39 is 0 Å². The van der Waals surface area contributed by atoms with Gasteiger partial charge in [0.25, 0.3) is 0 Å². The van der Waals surface area contributed by atoms with Crippen LogP contribution >= 0.6 is 0 Å². The molecule has 1 aromatic carbocycles. The molecule has 0 aliphatic heterocycles.